The molecule has 0 heterocycles. The number of rotatable bonds is 5. The number of hydrogen-bond acceptors (Lipinski definition) is 5. The molecule has 2 aromatic rings. The Morgan fingerprint density at radius 2 is 1.85 bits per heavy atom. The van der Waals surface area contributed by atoms with Crippen molar-refractivity contribution in [2.75, 3.05) is 19.0 Å². The predicted octanol–water partition coefficient (Wildman–Crippen LogP) is 2.40. The minimum absolute atomic E-state index is 0.0601. The Balaban J connectivity index is 2.12. The lowest BCUT2D eigenvalue weighted by molar-refractivity contribution is 0.101. The number of phenolic OH excluding ortho intramolecular Hbond substituents is 2. The van der Waals surface area contributed by atoms with Crippen LogP contribution in [-0.2, 0) is 0 Å². The molecule has 0 spiro atoms. The number of carbonyl (C=O) groups is 1. The highest BCUT2D eigenvalue weighted by Crippen LogP contribution is 2.40. The van der Waals surface area contributed by atoms with Crippen LogP contribution in [0.2, 0.25) is 0 Å². The molecule has 0 bridgehead atoms. The fraction of sp³-hybridized carbons (Fsp3) is 0.133. The zero-order chi connectivity index (χ0) is 14.5. The van der Waals surface area contributed by atoms with E-state index < -0.39 is 0 Å². The van der Waals surface area contributed by atoms with Crippen LogP contribution in [0.5, 0.6) is 17.2 Å². The highest BCUT2D eigenvalue weighted by atomic mass is 16.5. The summed E-state index contributed by atoms with van der Waals surface area (Å²) < 4.78 is 5.01. The van der Waals surface area contributed by atoms with E-state index >= 15 is 0 Å². The van der Waals surface area contributed by atoms with Crippen molar-refractivity contribution in [3.05, 3.63) is 48.0 Å². The minimum atomic E-state index is -0.357. The van der Waals surface area contributed by atoms with E-state index in [1.807, 2.05) is 6.07 Å². The van der Waals surface area contributed by atoms with Crippen molar-refractivity contribution in [3.63, 3.8) is 0 Å². The molecule has 0 aliphatic rings. The van der Waals surface area contributed by atoms with Crippen LogP contribution in [0.4, 0.5) is 5.69 Å². The number of ketones is 1. The second-order valence-electron chi connectivity index (χ2n) is 4.16. The van der Waals surface area contributed by atoms with Crippen LogP contribution in [0.15, 0.2) is 42.5 Å². The van der Waals surface area contributed by atoms with Crippen molar-refractivity contribution in [1.29, 1.82) is 0 Å². The molecule has 0 saturated heterocycles. The maximum Gasteiger partial charge on any atom is 0.202 e. The molecule has 0 aliphatic carbocycles. The molecule has 3 N–H and O–H groups in total. The Kier molecular flexibility index (Phi) is 4.10. The highest BCUT2D eigenvalue weighted by molar-refractivity contribution is 5.99. The summed E-state index contributed by atoms with van der Waals surface area (Å²) in [6.45, 7) is 0.0601. The van der Waals surface area contributed by atoms with Gasteiger partial charge < -0.3 is 20.3 Å². The number of ether oxygens (including phenoxy) is 1. The minimum Gasteiger partial charge on any atom is -0.504 e. The number of nitrogens with one attached hydrogen (secondary N) is 1. The molecular weight excluding hydrogens is 258 g/mol. The Bertz CT molecular complexity index is 611. The lowest BCUT2D eigenvalue weighted by Crippen LogP contribution is -2.14. The van der Waals surface area contributed by atoms with Gasteiger partial charge in [0.2, 0.25) is 5.75 Å². The topological polar surface area (TPSA) is 78.8 Å². The number of hydrogen-bond donors (Lipinski definition) is 3. The van der Waals surface area contributed by atoms with Gasteiger partial charge >= 0.3 is 0 Å². The van der Waals surface area contributed by atoms with Crippen molar-refractivity contribution in [2.24, 2.45) is 0 Å². The summed E-state index contributed by atoms with van der Waals surface area (Å²) in [5, 5.41) is 21.9. The predicted molar refractivity (Wildman–Crippen MR) is 75.6 cm³/mol. The lowest BCUT2D eigenvalue weighted by atomic mass is 10.1. The molecule has 0 aliphatic heterocycles. The molecule has 0 radical (unpaired) electrons. The fourth-order valence-corrected chi connectivity index (χ4v) is 1.81. The van der Waals surface area contributed by atoms with Crippen LogP contribution in [0.1, 0.15) is 10.4 Å². The number of aromatic hydroxyl groups is 2. The van der Waals surface area contributed by atoms with Gasteiger partial charge in [-0.25, -0.2) is 0 Å². The third-order valence-electron chi connectivity index (χ3n) is 2.85. The fourth-order valence-electron chi connectivity index (χ4n) is 1.81. The largest absolute Gasteiger partial charge is 0.504 e. The van der Waals surface area contributed by atoms with Gasteiger partial charge in [0.05, 0.1) is 19.3 Å². The van der Waals surface area contributed by atoms with Crippen molar-refractivity contribution >= 4 is 11.5 Å². The van der Waals surface area contributed by atoms with Crippen molar-refractivity contribution in [2.45, 2.75) is 0 Å². The molecule has 2 rings (SSSR count). The van der Waals surface area contributed by atoms with Gasteiger partial charge in [-0.05, 0) is 12.1 Å². The van der Waals surface area contributed by atoms with Crippen molar-refractivity contribution in [3.8, 4) is 17.2 Å². The monoisotopic (exact) mass is 273 g/mol. The van der Waals surface area contributed by atoms with E-state index in [-0.39, 0.29) is 29.6 Å². The SMILES string of the molecule is COc1c(NCC(=O)c2ccccc2)ccc(O)c1O. The molecule has 0 atom stereocenters. The Hall–Kier alpha value is -2.69. The average Bonchev–Trinajstić information content (AvgIpc) is 2.49. The van der Waals surface area contributed by atoms with Gasteiger partial charge in [0.15, 0.2) is 17.3 Å². The number of benzene rings is 2. The van der Waals surface area contributed by atoms with Crippen LogP contribution in [0.25, 0.3) is 0 Å². The Labute approximate surface area is 116 Å². The van der Waals surface area contributed by atoms with Gasteiger partial charge in [-0.15, -0.1) is 0 Å². The van der Waals surface area contributed by atoms with Gasteiger partial charge in [0.25, 0.3) is 0 Å². The maximum atomic E-state index is 12.0. The first-order chi connectivity index (χ1) is 9.63. The summed E-state index contributed by atoms with van der Waals surface area (Å²) in [7, 11) is 1.37. The summed E-state index contributed by atoms with van der Waals surface area (Å²) in [5.74, 6) is -0.613. The van der Waals surface area contributed by atoms with Crippen molar-refractivity contribution < 1.29 is 19.7 Å². The van der Waals surface area contributed by atoms with E-state index in [2.05, 4.69) is 5.32 Å². The molecule has 5 nitrogen and oxygen atoms in total. The quantitative estimate of drug-likeness (QED) is 0.443. The Morgan fingerprint density at radius 1 is 1.15 bits per heavy atom. The van der Waals surface area contributed by atoms with Crippen LogP contribution < -0.4 is 10.1 Å². The summed E-state index contributed by atoms with van der Waals surface area (Å²) in [5.41, 5.74) is 1.04. The van der Waals surface area contributed by atoms with E-state index in [9.17, 15) is 15.0 Å². The lowest BCUT2D eigenvalue weighted by Gasteiger charge is -2.12. The number of Topliss-reactive ketones (excluding diaryl/α,β-unsaturated/α-hetero) is 1. The van der Waals surface area contributed by atoms with Crippen LogP contribution >= 0.6 is 0 Å². The maximum absolute atomic E-state index is 12.0. The van der Waals surface area contributed by atoms with E-state index in [0.29, 0.717) is 11.3 Å². The van der Waals surface area contributed by atoms with E-state index in [4.69, 9.17) is 4.74 Å². The zero-order valence-corrected chi connectivity index (χ0v) is 11.0. The molecule has 0 fully saturated rings. The molecule has 20 heavy (non-hydrogen) atoms. The second-order valence-corrected chi connectivity index (χ2v) is 4.16. The van der Waals surface area contributed by atoms with Crippen molar-refractivity contribution in [1.82, 2.24) is 0 Å². The summed E-state index contributed by atoms with van der Waals surface area (Å²) in [6.07, 6.45) is 0. The smallest absolute Gasteiger partial charge is 0.202 e. The van der Waals surface area contributed by atoms with Gasteiger partial charge in [0.1, 0.15) is 0 Å². The highest BCUT2D eigenvalue weighted by Gasteiger charge is 2.13. The first-order valence-corrected chi connectivity index (χ1v) is 6.04. The summed E-state index contributed by atoms with van der Waals surface area (Å²) >= 11 is 0. The van der Waals surface area contributed by atoms with Gasteiger partial charge in [-0.2, -0.15) is 0 Å². The first-order valence-electron chi connectivity index (χ1n) is 6.04. The third-order valence-corrected chi connectivity index (χ3v) is 2.85. The van der Waals surface area contributed by atoms with Gasteiger partial charge in [0, 0.05) is 5.56 Å². The summed E-state index contributed by atoms with van der Waals surface area (Å²) in [6, 6.07) is 11.7. The molecule has 2 aromatic carbocycles. The normalized spacial score (nSPS) is 10.1. The molecule has 5 heteroatoms. The number of carbonyl (C=O) groups excluding carboxylic acids is 1. The van der Waals surface area contributed by atoms with Gasteiger partial charge in [-0.3, -0.25) is 4.79 Å². The van der Waals surface area contributed by atoms with E-state index in [1.54, 1.807) is 24.3 Å². The van der Waals surface area contributed by atoms with Crippen LogP contribution in [0, 0.1) is 0 Å². The molecule has 0 unspecified atom stereocenters. The second kappa shape index (κ2) is 5.97. The third kappa shape index (κ3) is 2.83. The standard InChI is InChI=1S/C15H15NO4/c1-20-15-11(7-8-12(17)14(15)19)16-9-13(18)10-5-3-2-4-6-10/h2-8,16-17,19H,9H2,1H3. The molecule has 0 saturated carbocycles. The molecule has 0 amide bonds. The van der Waals surface area contributed by atoms with E-state index in [0.717, 1.165) is 0 Å². The number of phenols is 2. The summed E-state index contributed by atoms with van der Waals surface area (Å²) in [4.78, 5) is 12.0. The average molecular weight is 273 g/mol. The van der Waals surface area contributed by atoms with Gasteiger partial charge in [-0.1, -0.05) is 30.3 Å². The number of methoxy groups -OCH3 is 1. The molecular formula is C15H15NO4. The van der Waals surface area contributed by atoms with Crippen LogP contribution in [-0.4, -0.2) is 29.7 Å². The molecule has 0 aromatic heterocycles. The number of anilines is 1. The van der Waals surface area contributed by atoms with Crippen LogP contribution in [0.3, 0.4) is 0 Å². The first kappa shape index (κ1) is 13.7. The van der Waals surface area contributed by atoms with E-state index in [1.165, 1.54) is 19.2 Å². The zero-order valence-electron chi connectivity index (χ0n) is 11.0. The Morgan fingerprint density at radius 3 is 2.50 bits per heavy atom. The molecule has 104 valence electrons.